The first-order valence-corrected chi connectivity index (χ1v) is 8.47. The molecular formula is C20H20N4O. The fourth-order valence-electron chi connectivity index (χ4n) is 3.36. The van der Waals surface area contributed by atoms with E-state index in [2.05, 4.69) is 39.3 Å². The fraction of sp³-hybridized carbons (Fsp3) is 0.200. The Kier molecular flexibility index (Phi) is 4.21. The highest BCUT2D eigenvalue weighted by atomic mass is 16.2. The zero-order valence-corrected chi connectivity index (χ0v) is 13.9. The van der Waals surface area contributed by atoms with E-state index in [1.807, 2.05) is 47.4 Å². The minimum atomic E-state index is -0.0753. The summed E-state index contributed by atoms with van der Waals surface area (Å²) in [5.74, 6) is 0. The largest absolute Gasteiger partial charge is 0.348 e. The Morgan fingerprint density at radius 1 is 1.04 bits per heavy atom. The van der Waals surface area contributed by atoms with Crippen LogP contribution in [-0.2, 0) is 13.1 Å². The molecule has 1 atom stereocenters. The van der Waals surface area contributed by atoms with Crippen molar-refractivity contribution < 1.29 is 4.79 Å². The number of hydrogen-bond acceptors (Lipinski definition) is 2. The van der Waals surface area contributed by atoms with Crippen molar-refractivity contribution in [3.63, 3.8) is 0 Å². The molecule has 5 heteroatoms. The number of carbonyl (C=O) groups is 1. The number of rotatable bonds is 3. The summed E-state index contributed by atoms with van der Waals surface area (Å²) in [4.78, 5) is 19.0. The molecule has 2 aromatic heterocycles. The van der Waals surface area contributed by atoms with Gasteiger partial charge in [0.25, 0.3) is 0 Å². The van der Waals surface area contributed by atoms with Crippen LogP contribution < -0.4 is 5.32 Å². The van der Waals surface area contributed by atoms with Crippen LogP contribution in [0, 0.1) is 0 Å². The topological polar surface area (TPSA) is 50.2 Å². The molecule has 0 fully saturated rings. The van der Waals surface area contributed by atoms with Crippen LogP contribution in [-0.4, -0.2) is 27.0 Å². The highest BCUT2D eigenvalue weighted by Gasteiger charge is 2.31. The molecule has 4 rings (SSSR count). The molecule has 1 aromatic carbocycles. The standard InChI is InChI=1S/C20H20N4O/c25-20(22-15-17-9-4-5-11-21-17)24-14-13-23-12-6-10-18(23)19(24)16-7-2-1-3-8-16/h1-12,19H,13-15H2,(H,22,25)/t19-/m1/s1. The number of amides is 2. The predicted octanol–water partition coefficient (Wildman–Crippen LogP) is 3.20. The maximum atomic E-state index is 12.9. The molecule has 0 unspecified atom stereocenters. The van der Waals surface area contributed by atoms with Crippen LogP contribution in [0.2, 0.25) is 0 Å². The molecule has 3 heterocycles. The van der Waals surface area contributed by atoms with Gasteiger partial charge in [0, 0.05) is 31.2 Å². The van der Waals surface area contributed by atoms with Gasteiger partial charge in [0.1, 0.15) is 0 Å². The molecule has 0 saturated heterocycles. The van der Waals surface area contributed by atoms with Gasteiger partial charge in [-0.05, 0) is 29.8 Å². The van der Waals surface area contributed by atoms with Crippen LogP contribution in [0.15, 0.2) is 73.1 Å². The first kappa shape index (κ1) is 15.4. The summed E-state index contributed by atoms with van der Waals surface area (Å²) in [6.07, 6.45) is 3.82. The molecule has 0 bridgehead atoms. The Morgan fingerprint density at radius 3 is 2.68 bits per heavy atom. The quantitative estimate of drug-likeness (QED) is 0.801. The number of fused-ring (bicyclic) bond motifs is 1. The van der Waals surface area contributed by atoms with E-state index in [0.29, 0.717) is 13.1 Å². The lowest BCUT2D eigenvalue weighted by Gasteiger charge is -2.37. The second-order valence-electron chi connectivity index (χ2n) is 6.11. The third kappa shape index (κ3) is 3.13. The van der Waals surface area contributed by atoms with Crippen molar-refractivity contribution in [3.8, 4) is 0 Å². The van der Waals surface area contributed by atoms with Crippen molar-refractivity contribution in [2.75, 3.05) is 6.54 Å². The summed E-state index contributed by atoms with van der Waals surface area (Å²) in [6, 6.07) is 19.9. The number of nitrogens with one attached hydrogen (secondary N) is 1. The second kappa shape index (κ2) is 6.81. The van der Waals surface area contributed by atoms with Gasteiger partial charge in [0.2, 0.25) is 0 Å². The first-order valence-electron chi connectivity index (χ1n) is 8.47. The summed E-state index contributed by atoms with van der Waals surface area (Å²) < 4.78 is 2.22. The van der Waals surface area contributed by atoms with Crippen LogP contribution in [0.1, 0.15) is 23.0 Å². The molecule has 5 nitrogen and oxygen atoms in total. The van der Waals surface area contributed by atoms with Crippen molar-refractivity contribution in [1.82, 2.24) is 19.8 Å². The van der Waals surface area contributed by atoms with Crippen molar-refractivity contribution in [3.05, 3.63) is 90.0 Å². The molecular weight excluding hydrogens is 312 g/mol. The van der Waals surface area contributed by atoms with Gasteiger partial charge in [-0.2, -0.15) is 0 Å². The van der Waals surface area contributed by atoms with Gasteiger partial charge in [-0.15, -0.1) is 0 Å². The number of urea groups is 1. The maximum Gasteiger partial charge on any atom is 0.318 e. The van der Waals surface area contributed by atoms with E-state index in [0.717, 1.165) is 23.5 Å². The van der Waals surface area contributed by atoms with E-state index in [9.17, 15) is 4.79 Å². The summed E-state index contributed by atoms with van der Waals surface area (Å²) in [5.41, 5.74) is 3.12. The molecule has 0 radical (unpaired) electrons. The Hall–Kier alpha value is -3.08. The van der Waals surface area contributed by atoms with Gasteiger partial charge in [-0.25, -0.2) is 4.79 Å². The van der Waals surface area contributed by atoms with Gasteiger partial charge in [0.05, 0.1) is 18.3 Å². The van der Waals surface area contributed by atoms with Crippen molar-refractivity contribution in [2.24, 2.45) is 0 Å². The molecule has 1 aliphatic heterocycles. The van der Waals surface area contributed by atoms with Gasteiger partial charge >= 0.3 is 6.03 Å². The van der Waals surface area contributed by atoms with E-state index in [-0.39, 0.29) is 12.1 Å². The normalized spacial score (nSPS) is 16.3. The first-order chi connectivity index (χ1) is 12.3. The minimum Gasteiger partial charge on any atom is -0.348 e. The number of pyridine rings is 1. The van der Waals surface area contributed by atoms with Crippen molar-refractivity contribution in [1.29, 1.82) is 0 Å². The fourth-order valence-corrected chi connectivity index (χ4v) is 3.36. The van der Waals surface area contributed by atoms with Crippen LogP contribution in [0.4, 0.5) is 4.79 Å². The third-order valence-corrected chi connectivity index (χ3v) is 4.56. The van der Waals surface area contributed by atoms with E-state index in [1.165, 1.54) is 0 Å². The number of nitrogens with zero attached hydrogens (tertiary/aromatic N) is 3. The summed E-state index contributed by atoms with van der Waals surface area (Å²) in [5, 5.41) is 3.01. The van der Waals surface area contributed by atoms with Gasteiger partial charge < -0.3 is 14.8 Å². The third-order valence-electron chi connectivity index (χ3n) is 4.56. The summed E-state index contributed by atoms with van der Waals surface area (Å²) in [7, 11) is 0. The van der Waals surface area contributed by atoms with E-state index < -0.39 is 0 Å². The maximum absolute atomic E-state index is 12.9. The number of carbonyl (C=O) groups excluding carboxylic acids is 1. The SMILES string of the molecule is O=C(NCc1ccccn1)N1CCn2cccc2[C@H]1c1ccccc1. The smallest absolute Gasteiger partial charge is 0.318 e. The molecule has 2 amide bonds. The van der Waals surface area contributed by atoms with Crippen LogP contribution in [0.25, 0.3) is 0 Å². The van der Waals surface area contributed by atoms with Gasteiger partial charge in [-0.3, -0.25) is 4.98 Å². The number of aromatic nitrogens is 2. The highest BCUT2D eigenvalue weighted by molar-refractivity contribution is 5.75. The van der Waals surface area contributed by atoms with Crippen molar-refractivity contribution >= 4 is 6.03 Å². The molecule has 1 N–H and O–H groups in total. The predicted molar refractivity (Wildman–Crippen MR) is 95.9 cm³/mol. The lowest BCUT2D eigenvalue weighted by atomic mass is 10.0. The molecule has 0 saturated carbocycles. The lowest BCUT2D eigenvalue weighted by molar-refractivity contribution is 0.168. The zero-order valence-electron chi connectivity index (χ0n) is 13.9. The number of hydrogen-bond donors (Lipinski definition) is 1. The molecule has 3 aromatic rings. The molecule has 1 aliphatic rings. The molecule has 0 spiro atoms. The second-order valence-corrected chi connectivity index (χ2v) is 6.11. The lowest BCUT2D eigenvalue weighted by Crippen LogP contribution is -2.47. The Balaban J connectivity index is 1.58. The average Bonchev–Trinajstić information content (AvgIpc) is 3.15. The summed E-state index contributed by atoms with van der Waals surface area (Å²) in [6.45, 7) is 1.91. The minimum absolute atomic E-state index is 0.0630. The summed E-state index contributed by atoms with van der Waals surface area (Å²) >= 11 is 0. The molecule has 0 aliphatic carbocycles. The van der Waals surface area contributed by atoms with E-state index >= 15 is 0 Å². The highest BCUT2D eigenvalue weighted by Crippen LogP contribution is 2.32. The van der Waals surface area contributed by atoms with Crippen LogP contribution >= 0.6 is 0 Å². The Bertz CT molecular complexity index is 844. The van der Waals surface area contributed by atoms with Gasteiger partial charge in [0.15, 0.2) is 0 Å². The molecule has 25 heavy (non-hydrogen) atoms. The van der Waals surface area contributed by atoms with Crippen LogP contribution in [0.3, 0.4) is 0 Å². The Labute approximate surface area is 146 Å². The monoisotopic (exact) mass is 332 g/mol. The van der Waals surface area contributed by atoms with E-state index in [1.54, 1.807) is 6.20 Å². The van der Waals surface area contributed by atoms with Crippen molar-refractivity contribution in [2.45, 2.75) is 19.1 Å². The Morgan fingerprint density at radius 2 is 1.88 bits per heavy atom. The molecule has 126 valence electrons. The van der Waals surface area contributed by atoms with Crippen LogP contribution in [0.5, 0.6) is 0 Å². The zero-order chi connectivity index (χ0) is 17.1. The van der Waals surface area contributed by atoms with E-state index in [4.69, 9.17) is 0 Å². The number of benzene rings is 1. The average molecular weight is 332 g/mol. The van der Waals surface area contributed by atoms with Gasteiger partial charge in [-0.1, -0.05) is 36.4 Å².